The summed E-state index contributed by atoms with van der Waals surface area (Å²) in [4.78, 5) is 4.15. The molecule has 0 fully saturated rings. The quantitative estimate of drug-likeness (QED) is 0.529. The van der Waals surface area contributed by atoms with Crippen LogP contribution in [0.1, 0.15) is 0 Å². The zero-order chi connectivity index (χ0) is 13.8. The second kappa shape index (κ2) is 5.87. The molecule has 0 unspecified atom stereocenters. The van der Waals surface area contributed by atoms with E-state index in [1.165, 1.54) is 0 Å². The van der Waals surface area contributed by atoms with Crippen LogP contribution >= 0.6 is 15.9 Å². The van der Waals surface area contributed by atoms with Gasteiger partial charge in [-0.2, -0.15) is 0 Å². The Kier molecular flexibility index (Phi) is 3.78. The van der Waals surface area contributed by atoms with E-state index >= 15 is 0 Å². The van der Waals surface area contributed by atoms with Crippen LogP contribution in [0.5, 0.6) is 11.5 Å². The first-order chi connectivity index (χ1) is 9.84. The lowest BCUT2D eigenvalue weighted by Crippen LogP contribution is -2.10. The monoisotopic (exact) mass is 334 g/mol. The van der Waals surface area contributed by atoms with Crippen LogP contribution in [0.15, 0.2) is 47.6 Å². The van der Waals surface area contributed by atoms with E-state index in [0.717, 1.165) is 5.75 Å². The topological polar surface area (TPSA) is 61.5 Å². The summed E-state index contributed by atoms with van der Waals surface area (Å²) in [6, 6.07) is 9.60. The summed E-state index contributed by atoms with van der Waals surface area (Å²) in [6.45, 7) is 0.848. The first-order valence-corrected chi connectivity index (χ1v) is 6.79. The fraction of sp³-hybridized carbons (Fsp3) is 0.154. The van der Waals surface area contributed by atoms with Crippen molar-refractivity contribution in [3.63, 3.8) is 0 Å². The lowest BCUT2D eigenvalue weighted by molar-refractivity contribution is 0.217. The number of hydrogen-bond acceptors (Lipinski definition) is 5. The summed E-state index contributed by atoms with van der Waals surface area (Å²) in [5.74, 6) is 1.39. The minimum atomic E-state index is 0.403. The average Bonchev–Trinajstić information content (AvgIpc) is 2.97. The molecule has 0 spiro atoms. The fourth-order valence-corrected chi connectivity index (χ4v) is 2.06. The highest BCUT2D eigenvalue weighted by Gasteiger charge is 2.08. The van der Waals surface area contributed by atoms with Crippen molar-refractivity contribution in [2.75, 3.05) is 13.2 Å². The molecule has 0 aliphatic heterocycles. The molecule has 0 amide bonds. The predicted octanol–water partition coefficient (Wildman–Crippen LogP) is 2.34. The van der Waals surface area contributed by atoms with E-state index in [2.05, 4.69) is 31.1 Å². The van der Waals surface area contributed by atoms with Gasteiger partial charge in [0.2, 0.25) is 5.65 Å². The first-order valence-electron chi connectivity index (χ1n) is 5.99. The number of aromatic nitrogens is 4. The van der Waals surface area contributed by atoms with Gasteiger partial charge in [0, 0.05) is 0 Å². The van der Waals surface area contributed by atoms with Crippen molar-refractivity contribution in [1.82, 2.24) is 19.6 Å². The lowest BCUT2D eigenvalue weighted by Gasteiger charge is -2.08. The zero-order valence-electron chi connectivity index (χ0n) is 10.4. The van der Waals surface area contributed by atoms with Gasteiger partial charge in [-0.15, -0.1) is 10.2 Å². The number of ether oxygens (including phenoxy) is 2. The fourth-order valence-electron chi connectivity index (χ4n) is 1.70. The maximum atomic E-state index is 5.62. The third-order valence-electron chi connectivity index (χ3n) is 2.61. The van der Waals surface area contributed by atoms with E-state index in [9.17, 15) is 0 Å². The number of hydrogen-bond donors (Lipinski definition) is 0. The highest BCUT2D eigenvalue weighted by molar-refractivity contribution is 9.10. The van der Waals surface area contributed by atoms with Crippen LogP contribution in [-0.4, -0.2) is 32.8 Å². The summed E-state index contributed by atoms with van der Waals surface area (Å²) >= 11 is 3.31. The summed E-state index contributed by atoms with van der Waals surface area (Å²) in [5, 5.41) is 7.82. The van der Waals surface area contributed by atoms with Crippen LogP contribution < -0.4 is 9.47 Å². The normalized spacial score (nSPS) is 10.7. The summed E-state index contributed by atoms with van der Waals surface area (Å²) in [5.41, 5.74) is 0.617. The van der Waals surface area contributed by atoms with Crippen LogP contribution in [0.3, 0.4) is 0 Å². The molecule has 0 bridgehead atoms. The van der Waals surface area contributed by atoms with Crippen molar-refractivity contribution in [3.05, 3.63) is 47.6 Å². The zero-order valence-corrected chi connectivity index (χ0v) is 12.0. The van der Waals surface area contributed by atoms with Crippen molar-refractivity contribution in [3.8, 4) is 11.5 Å². The van der Waals surface area contributed by atoms with Crippen molar-refractivity contribution < 1.29 is 9.47 Å². The van der Waals surface area contributed by atoms with Crippen LogP contribution in [-0.2, 0) is 0 Å². The number of benzene rings is 1. The molecule has 0 radical (unpaired) electrons. The van der Waals surface area contributed by atoms with Gasteiger partial charge in [-0.25, -0.2) is 4.98 Å². The van der Waals surface area contributed by atoms with Crippen molar-refractivity contribution in [2.24, 2.45) is 0 Å². The molecular weight excluding hydrogens is 324 g/mol. The van der Waals surface area contributed by atoms with Gasteiger partial charge in [0.25, 0.3) is 0 Å². The van der Waals surface area contributed by atoms with Crippen molar-refractivity contribution in [2.45, 2.75) is 0 Å². The van der Waals surface area contributed by atoms with Crippen LogP contribution in [0.4, 0.5) is 0 Å². The maximum Gasteiger partial charge on any atom is 0.206 e. The number of para-hydroxylation sites is 1. The molecule has 2 aromatic heterocycles. The third kappa shape index (κ3) is 2.72. The number of nitrogens with zero attached hydrogens (tertiary/aromatic N) is 4. The Balaban J connectivity index is 1.60. The van der Waals surface area contributed by atoms with E-state index in [0.29, 0.717) is 29.3 Å². The minimum Gasteiger partial charge on any atom is -0.490 e. The second-order valence-electron chi connectivity index (χ2n) is 3.93. The molecular formula is C13H11BrN4O2. The largest absolute Gasteiger partial charge is 0.490 e. The molecule has 0 N–H and O–H groups in total. The van der Waals surface area contributed by atoms with Gasteiger partial charge >= 0.3 is 0 Å². The molecule has 7 heteroatoms. The Bertz CT molecular complexity index is 702. The number of fused-ring (bicyclic) bond motifs is 1. The van der Waals surface area contributed by atoms with Crippen LogP contribution in [0.2, 0.25) is 0 Å². The number of rotatable bonds is 5. The standard InChI is InChI=1S/C13H11BrN4O2/c14-13-15-8-11(12-17-16-9-18(12)13)20-7-6-19-10-4-2-1-3-5-10/h1-5,8-9H,6-7H2. The predicted molar refractivity (Wildman–Crippen MR) is 75.9 cm³/mol. The maximum absolute atomic E-state index is 5.62. The van der Waals surface area contributed by atoms with Gasteiger partial charge in [0.15, 0.2) is 10.5 Å². The van der Waals surface area contributed by atoms with Crippen molar-refractivity contribution >= 4 is 21.6 Å². The Morgan fingerprint density at radius 3 is 2.75 bits per heavy atom. The Morgan fingerprint density at radius 1 is 1.10 bits per heavy atom. The minimum absolute atomic E-state index is 0.403. The number of halogens is 1. The first kappa shape index (κ1) is 12.9. The molecule has 0 atom stereocenters. The van der Waals surface area contributed by atoms with E-state index in [1.807, 2.05) is 30.3 Å². The molecule has 102 valence electrons. The SMILES string of the molecule is Brc1ncc(OCCOc2ccccc2)c2nncn12. The molecule has 0 aliphatic rings. The molecule has 20 heavy (non-hydrogen) atoms. The van der Waals surface area contributed by atoms with Crippen LogP contribution in [0.25, 0.3) is 5.65 Å². The highest BCUT2D eigenvalue weighted by Crippen LogP contribution is 2.19. The van der Waals surface area contributed by atoms with Crippen molar-refractivity contribution in [1.29, 1.82) is 0 Å². The van der Waals surface area contributed by atoms with Gasteiger partial charge < -0.3 is 9.47 Å². The van der Waals surface area contributed by atoms with E-state index in [-0.39, 0.29) is 0 Å². The van der Waals surface area contributed by atoms with E-state index < -0.39 is 0 Å². The highest BCUT2D eigenvalue weighted by atomic mass is 79.9. The summed E-state index contributed by atoms with van der Waals surface area (Å²) in [7, 11) is 0. The Morgan fingerprint density at radius 2 is 1.90 bits per heavy atom. The van der Waals surface area contributed by atoms with E-state index in [1.54, 1.807) is 16.9 Å². The van der Waals surface area contributed by atoms with E-state index in [4.69, 9.17) is 9.47 Å². The summed E-state index contributed by atoms with van der Waals surface area (Å²) in [6.07, 6.45) is 3.18. The van der Waals surface area contributed by atoms with Gasteiger partial charge in [-0.3, -0.25) is 4.40 Å². The second-order valence-corrected chi connectivity index (χ2v) is 4.64. The van der Waals surface area contributed by atoms with Gasteiger partial charge in [0.05, 0.1) is 6.20 Å². The molecule has 2 heterocycles. The summed E-state index contributed by atoms with van der Waals surface area (Å²) < 4.78 is 13.5. The molecule has 1 aromatic carbocycles. The third-order valence-corrected chi connectivity index (χ3v) is 3.19. The molecule has 0 saturated heterocycles. The molecule has 0 saturated carbocycles. The van der Waals surface area contributed by atoms with Gasteiger partial charge in [-0.1, -0.05) is 18.2 Å². The van der Waals surface area contributed by atoms with Crippen LogP contribution in [0, 0.1) is 0 Å². The van der Waals surface area contributed by atoms with Gasteiger partial charge in [-0.05, 0) is 28.1 Å². The smallest absolute Gasteiger partial charge is 0.206 e. The molecule has 0 aliphatic carbocycles. The Labute approximate surface area is 123 Å². The average molecular weight is 335 g/mol. The lowest BCUT2D eigenvalue weighted by atomic mass is 10.3. The van der Waals surface area contributed by atoms with Gasteiger partial charge in [0.1, 0.15) is 25.3 Å². The Hall–Kier alpha value is -2.15. The molecule has 3 rings (SSSR count). The molecule has 6 nitrogen and oxygen atoms in total. The molecule has 3 aromatic rings.